The highest BCUT2D eigenvalue weighted by Crippen LogP contribution is 2.26. The van der Waals surface area contributed by atoms with E-state index in [0.717, 1.165) is 17.7 Å². The van der Waals surface area contributed by atoms with Crippen molar-refractivity contribution in [3.63, 3.8) is 0 Å². The molecule has 0 unspecified atom stereocenters. The van der Waals surface area contributed by atoms with Crippen LogP contribution >= 0.6 is 0 Å². The zero-order chi connectivity index (χ0) is 15.7. The van der Waals surface area contributed by atoms with Crippen molar-refractivity contribution in [1.29, 1.82) is 0 Å². The lowest BCUT2D eigenvalue weighted by Gasteiger charge is -2.06. The van der Waals surface area contributed by atoms with Crippen LogP contribution in [0.2, 0.25) is 0 Å². The van der Waals surface area contributed by atoms with Gasteiger partial charge in [0.05, 0.1) is 11.3 Å². The first kappa shape index (κ1) is 14.8. The van der Waals surface area contributed by atoms with Crippen molar-refractivity contribution in [2.75, 3.05) is 11.5 Å². The van der Waals surface area contributed by atoms with Crippen LogP contribution in [0.25, 0.3) is 6.08 Å². The summed E-state index contributed by atoms with van der Waals surface area (Å²) in [4.78, 5) is 15.1. The summed E-state index contributed by atoms with van der Waals surface area (Å²) >= 11 is 0. The zero-order valence-electron chi connectivity index (χ0n) is 11.6. The molecule has 6 heteroatoms. The van der Waals surface area contributed by atoms with Crippen LogP contribution in [0.5, 0.6) is 0 Å². The average Bonchev–Trinajstić information content (AvgIpc) is 2.75. The van der Waals surface area contributed by atoms with Crippen molar-refractivity contribution in [3.05, 3.63) is 52.2 Å². The van der Waals surface area contributed by atoms with Gasteiger partial charge in [-0.3, -0.25) is 4.79 Å². The summed E-state index contributed by atoms with van der Waals surface area (Å²) < 4.78 is 27.8. The number of ketones is 1. The van der Waals surface area contributed by atoms with Crippen LogP contribution in [0.1, 0.15) is 35.3 Å². The number of nitrogen functional groups attached to an aromatic ring is 2. The van der Waals surface area contributed by atoms with Gasteiger partial charge in [-0.1, -0.05) is 11.6 Å². The SMILES string of the molecule is CC(C)=Cc1c(C(=O)c2c(F)ccc(N)c2F)c[nH]c1N. The Morgan fingerprint density at radius 2 is 1.90 bits per heavy atom. The number of rotatable bonds is 3. The van der Waals surface area contributed by atoms with Gasteiger partial charge < -0.3 is 16.5 Å². The third kappa shape index (κ3) is 2.65. The quantitative estimate of drug-likeness (QED) is 0.600. The van der Waals surface area contributed by atoms with Gasteiger partial charge >= 0.3 is 0 Å². The van der Waals surface area contributed by atoms with Crippen LogP contribution < -0.4 is 11.5 Å². The van der Waals surface area contributed by atoms with E-state index in [4.69, 9.17) is 11.5 Å². The summed E-state index contributed by atoms with van der Waals surface area (Å²) in [7, 11) is 0. The Hall–Kier alpha value is -2.63. The molecule has 1 aromatic carbocycles. The van der Waals surface area contributed by atoms with Gasteiger partial charge in [0.25, 0.3) is 0 Å². The highest BCUT2D eigenvalue weighted by molar-refractivity contribution is 6.12. The van der Waals surface area contributed by atoms with E-state index in [1.54, 1.807) is 6.08 Å². The molecular formula is C15H15F2N3O. The summed E-state index contributed by atoms with van der Waals surface area (Å²) in [5.74, 6) is -2.58. The number of hydrogen-bond acceptors (Lipinski definition) is 3. The maximum absolute atomic E-state index is 14.0. The lowest BCUT2D eigenvalue weighted by atomic mass is 9.99. The van der Waals surface area contributed by atoms with E-state index in [9.17, 15) is 13.6 Å². The van der Waals surface area contributed by atoms with Crippen molar-refractivity contribution in [3.8, 4) is 0 Å². The summed E-state index contributed by atoms with van der Waals surface area (Å²) in [6.45, 7) is 3.64. The van der Waals surface area contributed by atoms with E-state index in [-0.39, 0.29) is 17.1 Å². The first-order valence-corrected chi connectivity index (χ1v) is 6.22. The predicted octanol–water partition coefficient (Wildman–Crippen LogP) is 3.11. The Bertz CT molecular complexity index is 744. The second kappa shape index (κ2) is 5.40. The molecule has 0 saturated heterocycles. The Kier molecular flexibility index (Phi) is 3.80. The topological polar surface area (TPSA) is 84.9 Å². The van der Waals surface area contributed by atoms with Gasteiger partial charge in [-0.15, -0.1) is 0 Å². The maximum atomic E-state index is 14.0. The Morgan fingerprint density at radius 3 is 2.52 bits per heavy atom. The van der Waals surface area contributed by atoms with Crippen LogP contribution in [-0.2, 0) is 0 Å². The molecule has 0 bridgehead atoms. The van der Waals surface area contributed by atoms with E-state index in [1.807, 2.05) is 13.8 Å². The zero-order valence-corrected chi connectivity index (χ0v) is 11.6. The largest absolute Gasteiger partial charge is 0.396 e. The fourth-order valence-corrected chi connectivity index (χ4v) is 1.99. The third-order valence-corrected chi connectivity index (χ3v) is 2.98. The molecule has 0 aliphatic heterocycles. The van der Waals surface area contributed by atoms with Crippen LogP contribution in [0.15, 0.2) is 23.9 Å². The third-order valence-electron chi connectivity index (χ3n) is 2.98. The predicted molar refractivity (Wildman–Crippen MR) is 78.7 cm³/mol. The molecule has 0 radical (unpaired) electrons. The van der Waals surface area contributed by atoms with Gasteiger partial charge in [0.15, 0.2) is 5.82 Å². The molecule has 0 spiro atoms. The number of H-pyrrole nitrogens is 1. The van der Waals surface area contributed by atoms with Gasteiger partial charge in [0.2, 0.25) is 5.78 Å². The molecule has 2 rings (SSSR count). The molecule has 0 aliphatic rings. The smallest absolute Gasteiger partial charge is 0.201 e. The molecule has 0 amide bonds. The van der Waals surface area contributed by atoms with Crippen LogP contribution in [0, 0.1) is 11.6 Å². The Balaban J connectivity index is 2.62. The van der Waals surface area contributed by atoms with Gasteiger partial charge in [-0.2, -0.15) is 0 Å². The molecular weight excluding hydrogens is 276 g/mol. The molecule has 110 valence electrons. The molecule has 0 atom stereocenters. The summed E-state index contributed by atoms with van der Waals surface area (Å²) in [6, 6.07) is 2.03. The van der Waals surface area contributed by atoms with E-state index in [1.165, 1.54) is 6.20 Å². The fraction of sp³-hybridized carbons (Fsp3) is 0.133. The number of carbonyl (C=O) groups is 1. The Labute approximate surface area is 120 Å². The van der Waals surface area contributed by atoms with Crippen molar-refractivity contribution in [2.45, 2.75) is 13.8 Å². The van der Waals surface area contributed by atoms with Crippen molar-refractivity contribution >= 4 is 23.4 Å². The van der Waals surface area contributed by atoms with Gasteiger partial charge in [-0.25, -0.2) is 8.78 Å². The van der Waals surface area contributed by atoms with E-state index >= 15 is 0 Å². The van der Waals surface area contributed by atoms with Gasteiger partial charge in [-0.05, 0) is 26.0 Å². The van der Waals surface area contributed by atoms with Crippen LogP contribution in [-0.4, -0.2) is 10.8 Å². The normalized spacial score (nSPS) is 10.5. The second-order valence-electron chi connectivity index (χ2n) is 4.91. The minimum Gasteiger partial charge on any atom is -0.396 e. The highest BCUT2D eigenvalue weighted by atomic mass is 19.1. The highest BCUT2D eigenvalue weighted by Gasteiger charge is 2.24. The molecule has 0 fully saturated rings. The fourth-order valence-electron chi connectivity index (χ4n) is 1.99. The minimum absolute atomic E-state index is 0.0945. The van der Waals surface area contributed by atoms with E-state index < -0.39 is 23.0 Å². The monoisotopic (exact) mass is 291 g/mol. The van der Waals surface area contributed by atoms with Crippen LogP contribution in [0.4, 0.5) is 20.3 Å². The molecule has 5 N–H and O–H groups in total. The molecule has 4 nitrogen and oxygen atoms in total. The number of aromatic nitrogens is 1. The number of anilines is 2. The van der Waals surface area contributed by atoms with Crippen molar-refractivity contribution < 1.29 is 13.6 Å². The number of hydrogen-bond donors (Lipinski definition) is 3. The molecule has 2 aromatic rings. The van der Waals surface area contributed by atoms with Crippen molar-refractivity contribution in [2.24, 2.45) is 0 Å². The average molecular weight is 291 g/mol. The number of aromatic amines is 1. The number of halogens is 2. The number of benzene rings is 1. The van der Waals surface area contributed by atoms with E-state index in [0.29, 0.717) is 5.56 Å². The number of carbonyl (C=O) groups excluding carboxylic acids is 1. The Morgan fingerprint density at radius 1 is 1.24 bits per heavy atom. The summed E-state index contributed by atoms with van der Waals surface area (Å²) in [6.07, 6.45) is 3.00. The van der Waals surface area contributed by atoms with E-state index in [2.05, 4.69) is 4.98 Å². The number of nitrogens with two attached hydrogens (primary N) is 2. The van der Waals surface area contributed by atoms with Crippen LogP contribution in [0.3, 0.4) is 0 Å². The number of nitrogens with one attached hydrogen (secondary N) is 1. The minimum atomic E-state index is -1.07. The molecule has 1 aromatic heterocycles. The molecule has 1 heterocycles. The molecule has 0 aliphatic carbocycles. The summed E-state index contributed by atoms with van der Waals surface area (Å²) in [5.41, 5.74) is 11.6. The molecule has 21 heavy (non-hydrogen) atoms. The first-order valence-electron chi connectivity index (χ1n) is 6.22. The number of allylic oxidation sites excluding steroid dienone is 1. The first-order chi connectivity index (χ1) is 9.82. The summed E-state index contributed by atoms with van der Waals surface area (Å²) in [5, 5.41) is 0. The molecule has 0 saturated carbocycles. The lowest BCUT2D eigenvalue weighted by Crippen LogP contribution is -2.10. The lowest BCUT2D eigenvalue weighted by molar-refractivity contribution is 0.103. The second-order valence-corrected chi connectivity index (χ2v) is 4.91. The van der Waals surface area contributed by atoms with Crippen molar-refractivity contribution in [1.82, 2.24) is 4.98 Å². The maximum Gasteiger partial charge on any atom is 0.201 e. The van der Waals surface area contributed by atoms with Gasteiger partial charge in [0.1, 0.15) is 11.6 Å². The van der Waals surface area contributed by atoms with Gasteiger partial charge in [0, 0.05) is 17.3 Å². The standard InChI is InChI=1S/C15H15F2N3O/c1-7(2)5-8-9(6-20-15(8)19)14(21)12-10(16)3-4-11(18)13(12)17/h3-6,20H,18-19H2,1-2H3.